The second kappa shape index (κ2) is 8.76. The van der Waals surface area contributed by atoms with Gasteiger partial charge in [-0.15, -0.1) is 0 Å². The van der Waals surface area contributed by atoms with Crippen LogP contribution in [0.2, 0.25) is 0 Å². The molecule has 3 fully saturated rings. The zero-order valence-electron chi connectivity index (χ0n) is 21.0. The summed E-state index contributed by atoms with van der Waals surface area (Å²) in [5.74, 6) is -1.07. The monoisotopic (exact) mass is 484 g/mol. The molecule has 0 unspecified atom stereocenters. The molecule has 3 aliphatic heterocycles. The molecule has 1 saturated carbocycles. The van der Waals surface area contributed by atoms with E-state index in [0.717, 1.165) is 32.1 Å². The van der Waals surface area contributed by atoms with Crippen LogP contribution in [0.3, 0.4) is 0 Å². The van der Waals surface area contributed by atoms with E-state index in [1.54, 1.807) is 17.9 Å². The third-order valence-corrected chi connectivity index (χ3v) is 8.11. The number of anilines is 1. The third-order valence-electron chi connectivity index (χ3n) is 8.11. The summed E-state index contributed by atoms with van der Waals surface area (Å²) < 4.78 is 11.6. The van der Waals surface area contributed by atoms with E-state index in [-0.39, 0.29) is 23.8 Å². The summed E-state index contributed by atoms with van der Waals surface area (Å²) in [6.07, 6.45) is 9.75. The number of aryl methyl sites for hydroxylation is 1. The first-order valence-electron chi connectivity index (χ1n) is 12.9. The van der Waals surface area contributed by atoms with Gasteiger partial charge in [0.25, 0.3) is 0 Å². The van der Waals surface area contributed by atoms with Crippen LogP contribution in [0, 0.1) is 24.7 Å². The van der Waals surface area contributed by atoms with Crippen LogP contribution in [0.25, 0.3) is 0 Å². The number of rotatable bonds is 7. The highest BCUT2D eigenvalue weighted by Gasteiger charge is 2.76. The maximum absolute atomic E-state index is 13.9. The molecule has 1 spiro atoms. The first-order chi connectivity index (χ1) is 16.6. The van der Waals surface area contributed by atoms with Crippen LogP contribution in [0.5, 0.6) is 0 Å². The average molecular weight is 485 g/mol. The number of hydrogen-bond acceptors (Lipinski definition) is 6. The number of nitrogens with zero attached hydrogens (tertiary/aromatic N) is 2. The number of aromatic nitrogens is 1. The molecule has 0 aromatic carbocycles. The molecule has 9 nitrogen and oxygen atoms in total. The van der Waals surface area contributed by atoms with Gasteiger partial charge in [0.15, 0.2) is 5.82 Å². The van der Waals surface area contributed by atoms with E-state index in [0.29, 0.717) is 24.0 Å². The van der Waals surface area contributed by atoms with Crippen molar-refractivity contribution in [1.82, 2.24) is 15.4 Å². The van der Waals surface area contributed by atoms with E-state index in [2.05, 4.69) is 29.6 Å². The van der Waals surface area contributed by atoms with Crippen LogP contribution in [0.4, 0.5) is 5.82 Å². The Morgan fingerprint density at radius 2 is 1.94 bits per heavy atom. The minimum absolute atomic E-state index is 0.112. The number of carbonyl (C=O) groups is 3. The highest BCUT2D eigenvalue weighted by molar-refractivity contribution is 6.03. The predicted octanol–water partition coefficient (Wildman–Crippen LogP) is 2.96. The number of ether oxygens (including phenoxy) is 1. The summed E-state index contributed by atoms with van der Waals surface area (Å²) in [5, 5.41) is 9.87. The summed E-state index contributed by atoms with van der Waals surface area (Å²) in [6, 6.07) is 0.943. The van der Waals surface area contributed by atoms with Crippen molar-refractivity contribution in [3.05, 3.63) is 24.0 Å². The molecule has 1 aromatic heterocycles. The summed E-state index contributed by atoms with van der Waals surface area (Å²) in [5.41, 5.74) is -2.15. The van der Waals surface area contributed by atoms with Gasteiger partial charge in [0.2, 0.25) is 17.7 Å². The lowest BCUT2D eigenvalue weighted by Crippen LogP contribution is -2.56. The van der Waals surface area contributed by atoms with E-state index in [1.165, 1.54) is 6.42 Å². The largest absolute Gasteiger partial charge is 0.360 e. The van der Waals surface area contributed by atoms with Gasteiger partial charge >= 0.3 is 0 Å². The first-order valence-corrected chi connectivity index (χ1v) is 12.9. The quantitative estimate of drug-likeness (QED) is 0.575. The number of hydrogen-bond donors (Lipinski definition) is 2. The summed E-state index contributed by atoms with van der Waals surface area (Å²) in [6.45, 7) is 8.19. The van der Waals surface area contributed by atoms with Crippen molar-refractivity contribution in [2.75, 3.05) is 11.9 Å². The van der Waals surface area contributed by atoms with Crippen molar-refractivity contribution < 1.29 is 23.6 Å². The maximum Gasteiger partial charge on any atom is 0.246 e. The van der Waals surface area contributed by atoms with Crippen molar-refractivity contribution in [3.8, 4) is 0 Å². The fourth-order valence-corrected chi connectivity index (χ4v) is 6.42. The Morgan fingerprint density at radius 3 is 2.60 bits per heavy atom. The Kier molecular flexibility index (Phi) is 6.02. The van der Waals surface area contributed by atoms with Crippen molar-refractivity contribution >= 4 is 23.5 Å². The van der Waals surface area contributed by atoms with Crippen LogP contribution in [0.1, 0.15) is 65.1 Å². The molecular formula is C26H36N4O5. The Hall–Kier alpha value is -2.68. The van der Waals surface area contributed by atoms with Crippen molar-refractivity contribution in [1.29, 1.82) is 0 Å². The molecule has 2 bridgehead atoms. The molecule has 5 atom stereocenters. The Bertz CT molecular complexity index is 1040. The van der Waals surface area contributed by atoms with Crippen molar-refractivity contribution in [2.45, 2.75) is 89.5 Å². The zero-order chi connectivity index (χ0) is 25.0. The topological polar surface area (TPSA) is 114 Å². The third kappa shape index (κ3) is 3.97. The first kappa shape index (κ1) is 24.0. The van der Waals surface area contributed by atoms with Crippen molar-refractivity contribution in [3.63, 3.8) is 0 Å². The molecule has 3 amide bonds. The standard InChI is InChI=1S/C26H36N4O5/c1-15(2)10-13-30-21(23(32)27-17-8-6-5-7-9-17)26-12-11-25(4,35-26)19(20(26)24(30)33)22(31)28-18-14-16(3)34-29-18/h11-12,14-15,17,19-21H,5-10,13H2,1-4H3,(H,27,32)(H,28,29,31)/t19-,20+,21+,25+,26+/m0/s1. The Morgan fingerprint density at radius 1 is 1.20 bits per heavy atom. The molecule has 2 N–H and O–H groups in total. The van der Waals surface area contributed by atoms with Crippen LogP contribution in [-0.2, 0) is 19.1 Å². The summed E-state index contributed by atoms with van der Waals surface area (Å²) in [4.78, 5) is 42.9. The van der Waals surface area contributed by atoms with Gasteiger partial charge in [-0.1, -0.05) is 50.4 Å². The Balaban J connectivity index is 1.46. The predicted molar refractivity (Wildman–Crippen MR) is 128 cm³/mol. The maximum atomic E-state index is 13.9. The molecule has 5 rings (SSSR count). The molecular weight excluding hydrogens is 448 g/mol. The lowest BCUT2D eigenvalue weighted by Gasteiger charge is -2.35. The number of nitrogens with one attached hydrogen (secondary N) is 2. The summed E-state index contributed by atoms with van der Waals surface area (Å²) in [7, 11) is 0. The van der Waals surface area contributed by atoms with Crippen LogP contribution in [0.15, 0.2) is 22.7 Å². The van der Waals surface area contributed by atoms with Gasteiger partial charge in [-0.2, -0.15) is 0 Å². The van der Waals surface area contributed by atoms with E-state index in [4.69, 9.17) is 9.26 Å². The number of carbonyl (C=O) groups excluding carboxylic acids is 3. The van der Waals surface area contributed by atoms with Gasteiger partial charge in [-0.25, -0.2) is 0 Å². The molecule has 1 aliphatic carbocycles. The lowest BCUT2D eigenvalue weighted by atomic mass is 9.70. The molecule has 4 heterocycles. The highest BCUT2D eigenvalue weighted by Crippen LogP contribution is 2.59. The second-order valence-corrected chi connectivity index (χ2v) is 11.2. The zero-order valence-corrected chi connectivity index (χ0v) is 21.0. The number of likely N-dealkylation sites (tertiary alicyclic amines) is 1. The summed E-state index contributed by atoms with van der Waals surface area (Å²) >= 11 is 0. The van der Waals surface area contributed by atoms with Crippen LogP contribution >= 0.6 is 0 Å². The van der Waals surface area contributed by atoms with Gasteiger partial charge in [0.1, 0.15) is 17.4 Å². The van der Waals surface area contributed by atoms with Gasteiger partial charge in [-0.3, -0.25) is 14.4 Å². The van der Waals surface area contributed by atoms with E-state index < -0.39 is 29.1 Å². The van der Waals surface area contributed by atoms with E-state index in [1.807, 2.05) is 19.1 Å². The number of fused-ring (bicyclic) bond motifs is 1. The normalized spacial score (nSPS) is 34.0. The van der Waals surface area contributed by atoms with Crippen molar-refractivity contribution in [2.24, 2.45) is 17.8 Å². The Labute approximate surface area is 206 Å². The molecule has 35 heavy (non-hydrogen) atoms. The fourth-order valence-electron chi connectivity index (χ4n) is 6.42. The van der Waals surface area contributed by atoms with E-state index >= 15 is 0 Å². The van der Waals surface area contributed by atoms with Gasteiger partial charge < -0.3 is 24.8 Å². The van der Waals surface area contributed by atoms with Crippen LogP contribution < -0.4 is 10.6 Å². The number of amides is 3. The van der Waals surface area contributed by atoms with Gasteiger partial charge in [0, 0.05) is 18.7 Å². The second-order valence-electron chi connectivity index (χ2n) is 11.2. The SMILES string of the molecule is Cc1cc(NC(=O)[C@@H]2[C@@H]3C(=O)N(CCC(C)C)[C@H](C(=O)NC4CCCCC4)[C@@]34C=C[C@@]2(C)O4)no1. The molecule has 1 aromatic rings. The van der Waals surface area contributed by atoms with Crippen LogP contribution in [-0.4, -0.2) is 57.6 Å². The minimum Gasteiger partial charge on any atom is -0.360 e. The smallest absolute Gasteiger partial charge is 0.246 e. The fraction of sp³-hybridized carbons (Fsp3) is 0.692. The van der Waals surface area contributed by atoms with Gasteiger partial charge in [-0.05, 0) is 39.0 Å². The highest BCUT2D eigenvalue weighted by atomic mass is 16.5. The van der Waals surface area contributed by atoms with Gasteiger partial charge in [0.05, 0.1) is 17.4 Å². The molecule has 0 radical (unpaired) electrons. The molecule has 4 aliphatic rings. The minimum atomic E-state index is -1.16. The van der Waals surface area contributed by atoms with E-state index in [9.17, 15) is 14.4 Å². The molecule has 9 heteroatoms. The average Bonchev–Trinajstić information content (AvgIpc) is 3.50. The molecule has 2 saturated heterocycles. The lowest BCUT2D eigenvalue weighted by molar-refractivity contribution is -0.144. The molecule has 190 valence electrons.